The lowest BCUT2D eigenvalue weighted by molar-refractivity contribution is -0.274. The molecule has 0 bridgehead atoms. The van der Waals surface area contributed by atoms with Crippen LogP contribution >= 0.6 is 0 Å². The van der Waals surface area contributed by atoms with Crippen LogP contribution in [-0.2, 0) is 9.53 Å². The van der Waals surface area contributed by atoms with Gasteiger partial charge in [-0.2, -0.15) is 0 Å². The van der Waals surface area contributed by atoms with Crippen molar-refractivity contribution in [1.29, 1.82) is 0 Å². The van der Waals surface area contributed by atoms with Gasteiger partial charge in [0.05, 0.1) is 12.3 Å². The molecule has 6 nitrogen and oxygen atoms in total. The van der Waals surface area contributed by atoms with Crippen LogP contribution in [0.3, 0.4) is 0 Å². The predicted octanol–water partition coefficient (Wildman–Crippen LogP) is 4.80. The Labute approximate surface area is 170 Å². The van der Waals surface area contributed by atoms with Gasteiger partial charge in [-0.05, 0) is 49.8 Å². The second-order valence-corrected chi connectivity index (χ2v) is 6.22. The molecule has 0 radical (unpaired) electrons. The third-order valence-electron chi connectivity index (χ3n) is 3.98. The Kier molecular flexibility index (Phi) is 6.20. The highest BCUT2D eigenvalue weighted by Gasteiger charge is 2.31. The van der Waals surface area contributed by atoms with Gasteiger partial charge in [-0.25, -0.2) is 14.5 Å². The zero-order valence-electron chi connectivity index (χ0n) is 16.2. The van der Waals surface area contributed by atoms with Crippen molar-refractivity contribution in [3.63, 3.8) is 0 Å². The van der Waals surface area contributed by atoms with Gasteiger partial charge in [-0.15, -0.1) is 18.3 Å². The van der Waals surface area contributed by atoms with E-state index in [1.165, 1.54) is 35.3 Å². The first kappa shape index (κ1) is 21.1. The van der Waals surface area contributed by atoms with E-state index >= 15 is 0 Å². The normalized spacial score (nSPS) is 12.0. The van der Waals surface area contributed by atoms with Crippen LogP contribution in [0, 0.1) is 0 Å². The maximum absolute atomic E-state index is 12.3. The van der Waals surface area contributed by atoms with Gasteiger partial charge in [0.2, 0.25) is 0 Å². The second kappa shape index (κ2) is 8.81. The summed E-state index contributed by atoms with van der Waals surface area (Å²) in [6, 6.07) is 12.6. The molecular weight excluding hydrogens is 399 g/mol. The molecule has 0 fully saturated rings. The molecule has 0 amide bonds. The molecule has 1 aromatic heterocycles. The largest absolute Gasteiger partial charge is 0.573 e. The molecule has 156 valence electrons. The molecule has 3 rings (SSSR count). The highest BCUT2D eigenvalue weighted by molar-refractivity contribution is 5.93. The number of carbonyl (C=O) groups is 1. The Morgan fingerprint density at radius 3 is 2.37 bits per heavy atom. The summed E-state index contributed by atoms with van der Waals surface area (Å²) in [5.74, 6) is -0.231. The first-order valence-electron chi connectivity index (χ1n) is 8.99. The number of alkyl halides is 3. The zero-order chi connectivity index (χ0) is 21.7. The van der Waals surface area contributed by atoms with Crippen LogP contribution in [0.1, 0.15) is 19.4 Å². The van der Waals surface area contributed by atoms with Gasteiger partial charge < -0.3 is 9.47 Å². The van der Waals surface area contributed by atoms with E-state index in [9.17, 15) is 18.0 Å². The third-order valence-corrected chi connectivity index (χ3v) is 3.98. The summed E-state index contributed by atoms with van der Waals surface area (Å²) >= 11 is 0. The first-order chi connectivity index (χ1) is 14.2. The molecule has 3 aromatic rings. The predicted molar refractivity (Wildman–Crippen MR) is 104 cm³/mol. The standard InChI is InChI=1S/C21H18F3N3O3/c1-3-29-20(28)14(2)12-15-4-6-16(7-5-15)19-25-13-27(26-19)17-8-10-18(11-9-17)30-21(22,23)24/h4-13H,3H2,1-2H3. The number of halogens is 3. The molecule has 30 heavy (non-hydrogen) atoms. The molecule has 1 heterocycles. The number of ether oxygens (including phenoxy) is 2. The molecule has 0 aliphatic carbocycles. The van der Waals surface area contributed by atoms with Gasteiger partial charge in [-0.3, -0.25) is 0 Å². The molecule has 0 saturated heterocycles. The van der Waals surface area contributed by atoms with Crippen molar-refractivity contribution < 1.29 is 27.4 Å². The number of hydrogen-bond acceptors (Lipinski definition) is 5. The zero-order valence-corrected chi connectivity index (χ0v) is 16.2. The number of rotatable bonds is 6. The van der Waals surface area contributed by atoms with Crippen molar-refractivity contribution in [2.75, 3.05) is 6.61 Å². The molecule has 0 aliphatic rings. The van der Waals surface area contributed by atoms with Crippen molar-refractivity contribution >= 4 is 12.0 Å². The smallest absolute Gasteiger partial charge is 0.463 e. The summed E-state index contributed by atoms with van der Waals surface area (Å²) in [6.45, 7) is 3.74. The maximum Gasteiger partial charge on any atom is 0.573 e. The highest BCUT2D eigenvalue weighted by atomic mass is 19.4. The van der Waals surface area contributed by atoms with Crippen molar-refractivity contribution in [1.82, 2.24) is 14.8 Å². The van der Waals surface area contributed by atoms with Crippen molar-refractivity contribution in [2.45, 2.75) is 20.2 Å². The SMILES string of the molecule is CCOC(=O)C(C)=Cc1ccc(-c2ncn(-c3ccc(OC(F)(F)F)cc3)n2)cc1. The minimum absolute atomic E-state index is 0.312. The van der Waals surface area contributed by atoms with E-state index < -0.39 is 6.36 Å². The number of carbonyl (C=O) groups excluding carboxylic acids is 1. The Morgan fingerprint density at radius 1 is 1.10 bits per heavy atom. The van der Waals surface area contributed by atoms with E-state index in [4.69, 9.17) is 4.74 Å². The quantitative estimate of drug-likeness (QED) is 0.426. The topological polar surface area (TPSA) is 66.2 Å². The van der Waals surface area contributed by atoms with E-state index in [1.807, 2.05) is 24.3 Å². The van der Waals surface area contributed by atoms with Crippen LogP contribution in [0.15, 0.2) is 60.4 Å². The highest BCUT2D eigenvalue weighted by Crippen LogP contribution is 2.24. The van der Waals surface area contributed by atoms with Crippen molar-refractivity contribution in [2.24, 2.45) is 0 Å². The average molecular weight is 417 g/mol. The number of aromatic nitrogens is 3. The van der Waals surface area contributed by atoms with Crippen molar-refractivity contribution in [3.8, 4) is 22.8 Å². The van der Waals surface area contributed by atoms with Crippen LogP contribution in [0.2, 0.25) is 0 Å². The van der Waals surface area contributed by atoms with Gasteiger partial charge in [-0.1, -0.05) is 24.3 Å². The monoisotopic (exact) mass is 417 g/mol. The van der Waals surface area contributed by atoms with Crippen LogP contribution in [0.4, 0.5) is 13.2 Å². The molecule has 2 aromatic carbocycles. The summed E-state index contributed by atoms with van der Waals surface area (Å²) in [6.07, 6.45) is -1.55. The molecule has 0 atom stereocenters. The number of nitrogens with zero attached hydrogens (tertiary/aromatic N) is 3. The summed E-state index contributed by atoms with van der Waals surface area (Å²) in [5.41, 5.74) is 2.60. The summed E-state index contributed by atoms with van der Waals surface area (Å²) in [5, 5.41) is 4.35. The Hall–Kier alpha value is -3.62. The molecule has 0 spiro atoms. The van der Waals surface area contributed by atoms with Gasteiger partial charge in [0.25, 0.3) is 0 Å². The number of benzene rings is 2. The fourth-order valence-electron chi connectivity index (χ4n) is 2.60. The first-order valence-corrected chi connectivity index (χ1v) is 8.99. The second-order valence-electron chi connectivity index (χ2n) is 6.22. The fraction of sp³-hybridized carbons (Fsp3) is 0.190. The van der Waals surface area contributed by atoms with E-state index in [2.05, 4.69) is 14.8 Å². The van der Waals surface area contributed by atoms with E-state index in [1.54, 1.807) is 19.9 Å². The molecule has 0 unspecified atom stereocenters. The Balaban J connectivity index is 1.73. The number of hydrogen-bond donors (Lipinski definition) is 0. The minimum Gasteiger partial charge on any atom is -0.463 e. The number of esters is 1. The van der Waals surface area contributed by atoms with Gasteiger partial charge in [0.15, 0.2) is 5.82 Å². The van der Waals surface area contributed by atoms with Gasteiger partial charge >= 0.3 is 12.3 Å². The van der Waals surface area contributed by atoms with Crippen LogP contribution < -0.4 is 4.74 Å². The van der Waals surface area contributed by atoms with Crippen LogP contribution in [-0.4, -0.2) is 33.7 Å². The molecule has 0 N–H and O–H groups in total. The maximum atomic E-state index is 12.3. The molecule has 0 aliphatic heterocycles. The third kappa shape index (κ3) is 5.47. The molecule has 0 saturated carbocycles. The molecular formula is C21H18F3N3O3. The lowest BCUT2D eigenvalue weighted by Crippen LogP contribution is -2.17. The van der Waals surface area contributed by atoms with E-state index in [0.29, 0.717) is 23.7 Å². The van der Waals surface area contributed by atoms with E-state index in [-0.39, 0.29) is 11.7 Å². The van der Waals surface area contributed by atoms with E-state index in [0.717, 1.165) is 11.1 Å². The van der Waals surface area contributed by atoms with Crippen molar-refractivity contribution in [3.05, 3.63) is 66.0 Å². The Morgan fingerprint density at radius 2 is 1.77 bits per heavy atom. The van der Waals surface area contributed by atoms with Crippen LogP contribution in [0.25, 0.3) is 23.2 Å². The van der Waals surface area contributed by atoms with Gasteiger partial charge in [0.1, 0.15) is 12.1 Å². The molecule has 9 heteroatoms. The average Bonchev–Trinajstić information content (AvgIpc) is 3.18. The summed E-state index contributed by atoms with van der Waals surface area (Å²) in [4.78, 5) is 15.9. The Bertz CT molecular complexity index is 1040. The van der Waals surface area contributed by atoms with Gasteiger partial charge in [0, 0.05) is 11.1 Å². The fourth-order valence-corrected chi connectivity index (χ4v) is 2.60. The summed E-state index contributed by atoms with van der Waals surface area (Å²) < 4.78 is 47.0. The lowest BCUT2D eigenvalue weighted by atomic mass is 10.1. The minimum atomic E-state index is -4.74. The lowest BCUT2D eigenvalue weighted by Gasteiger charge is -2.09. The van der Waals surface area contributed by atoms with Crippen LogP contribution in [0.5, 0.6) is 5.75 Å². The summed E-state index contributed by atoms with van der Waals surface area (Å²) in [7, 11) is 0.